The minimum Gasteiger partial charge on any atom is -0.474 e. The van der Waals surface area contributed by atoms with E-state index in [1.807, 2.05) is 26.8 Å². The van der Waals surface area contributed by atoms with E-state index >= 15 is 0 Å². The van der Waals surface area contributed by atoms with Crippen LogP contribution in [0.2, 0.25) is 0 Å². The number of rotatable bonds is 5. The lowest BCUT2D eigenvalue weighted by Gasteiger charge is -2.31. The van der Waals surface area contributed by atoms with Crippen LogP contribution in [0.25, 0.3) is 0 Å². The van der Waals surface area contributed by atoms with Crippen molar-refractivity contribution in [2.45, 2.75) is 45.8 Å². The number of carbonyl (C=O) groups excluding carboxylic acids is 1. The average molecular weight is 498 g/mol. The number of ether oxygens (including phenoxy) is 3. The number of likely N-dealkylation sites (tertiary alicyclic amines) is 1. The number of piperidine rings is 1. The molecule has 3 heterocycles. The molecule has 1 aliphatic rings. The lowest BCUT2D eigenvalue weighted by molar-refractivity contribution is 0.0505. The third-order valence-electron chi connectivity index (χ3n) is 4.21. The molecular weight excluding hydrogens is 475 g/mol. The highest BCUT2D eigenvalue weighted by Gasteiger charge is 2.26. The van der Waals surface area contributed by atoms with Crippen molar-refractivity contribution < 1.29 is 19.0 Å². The summed E-state index contributed by atoms with van der Waals surface area (Å²) in [4.78, 5) is 26.4. The summed E-state index contributed by atoms with van der Waals surface area (Å²) in [5.74, 6) is 1.36. The minimum atomic E-state index is -0.271. The van der Waals surface area contributed by atoms with Gasteiger partial charge in [-0.25, -0.2) is 19.7 Å². The van der Waals surface area contributed by atoms with Gasteiger partial charge in [0.05, 0.1) is 11.7 Å². The van der Waals surface area contributed by atoms with Crippen LogP contribution in [0.1, 0.15) is 32.3 Å². The molecule has 1 fully saturated rings. The van der Waals surface area contributed by atoms with Gasteiger partial charge < -0.3 is 19.1 Å². The summed E-state index contributed by atoms with van der Waals surface area (Å²) < 4.78 is 18.1. The van der Waals surface area contributed by atoms with Crippen LogP contribution < -0.4 is 9.47 Å². The van der Waals surface area contributed by atoms with Crippen molar-refractivity contribution in [3.05, 3.63) is 33.8 Å². The molecule has 0 atom stereocenters. The van der Waals surface area contributed by atoms with Gasteiger partial charge in [0, 0.05) is 41.8 Å². The normalized spacial score (nSPS) is 14.8. The molecule has 0 spiro atoms. The summed E-state index contributed by atoms with van der Waals surface area (Å²) in [5.41, 5.74) is 0.712. The van der Waals surface area contributed by atoms with Crippen LogP contribution in [0.4, 0.5) is 4.79 Å². The summed E-state index contributed by atoms with van der Waals surface area (Å²) in [6, 6.07) is 3.70. The van der Waals surface area contributed by atoms with Gasteiger partial charge in [-0.3, -0.25) is 0 Å². The number of nitrogens with zero attached hydrogens (tertiary/aromatic N) is 4. The summed E-state index contributed by atoms with van der Waals surface area (Å²) in [7, 11) is 0. The highest BCUT2D eigenvalue weighted by Crippen LogP contribution is 2.28. The number of amides is 1. The predicted octanol–water partition coefficient (Wildman–Crippen LogP) is 3.97. The van der Waals surface area contributed by atoms with Crippen molar-refractivity contribution in [3.63, 3.8) is 0 Å². The highest BCUT2D eigenvalue weighted by molar-refractivity contribution is 14.1. The van der Waals surface area contributed by atoms with Gasteiger partial charge in [0.25, 0.3) is 0 Å². The first-order valence-electron chi connectivity index (χ1n) is 9.15. The molecule has 9 heteroatoms. The SMILES string of the molecule is Cc1c(Oc2ccc(I)cn2)ncnc1OC1CCN(C(=O)OC(C)C)CC1. The summed E-state index contributed by atoms with van der Waals surface area (Å²) >= 11 is 2.18. The lowest BCUT2D eigenvalue weighted by atomic mass is 10.1. The summed E-state index contributed by atoms with van der Waals surface area (Å²) in [6.45, 7) is 6.73. The van der Waals surface area contributed by atoms with E-state index in [1.165, 1.54) is 6.33 Å². The Morgan fingerprint density at radius 2 is 1.89 bits per heavy atom. The third kappa shape index (κ3) is 5.43. The van der Waals surface area contributed by atoms with Gasteiger partial charge in [-0.15, -0.1) is 0 Å². The van der Waals surface area contributed by atoms with Crippen LogP contribution in [0.15, 0.2) is 24.7 Å². The fourth-order valence-electron chi connectivity index (χ4n) is 2.75. The Kier molecular flexibility index (Phi) is 6.87. The first-order chi connectivity index (χ1) is 13.4. The van der Waals surface area contributed by atoms with Gasteiger partial charge in [0.1, 0.15) is 12.4 Å². The van der Waals surface area contributed by atoms with Gasteiger partial charge in [0.15, 0.2) is 0 Å². The van der Waals surface area contributed by atoms with Gasteiger partial charge in [0.2, 0.25) is 17.6 Å². The summed E-state index contributed by atoms with van der Waals surface area (Å²) in [6.07, 6.45) is 4.15. The third-order valence-corrected chi connectivity index (χ3v) is 4.85. The number of pyridine rings is 1. The van der Waals surface area contributed by atoms with E-state index in [-0.39, 0.29) is 18.3 Å². The van der Waals surface area contributed by atoms with E-state index in [0.717, 1.165) is 3.57 Å². The van der Waals surface area contributed by atoms with E-state index in [2.05, 4.69) is 37.5 Å². The van der Waals surface area contributed by atoms with Crippen LogP contribution in [0.3, 0.4) is 0 Å². The molecule has 1 aliphatic heterocycles. The van der Waals surface area contributed by atoms with Crippen molar-refractivity contribution >= 4 is 28.7 Å². The number of aromatic nitrogens is 3. The van der Waals surface area contributed by atoms with Crippen molar-refractivity contribution in [1.82, 2.24) is 19.9 Å². The van der Waals surface area contributed by atoms with Crippen LogP contribution in [0, 0.1) is 10.5 Å². The molecule has 0 radical (unpaired) electrons. The number of halogens is 1. The molecule has 0 saturated carbocycles. The molecule has 1 saturated heterocycles. The van der Waals surface area contributed by atoms with Gasteiger partial charge >= 0.3 is 6.09 Å². The number of hydrogen-bond donors (Lipinski definition) is 0. The Labute approximate surface area is 177 Å². The first-order valence-corrected chi connectivity index (χ1v) is 10.2. The molecule has 8 nitrogen and oxygen atoms in total. The molecule has 150 valence electrons. The zero-order valence-electron chi connectivity index (χ0n) is 16.1. The average Bonchev–Trinajstić information content (AvgIpc) is 2.67. The zero-order valence-corrected chi connectivity index (χ0v) is 18.2. The van der Waals surface area contributed by atoms with Crippen molar-refractivity contribution in [2.75, 3.05) is 13.1 Å². The second-order valence-corrected chi connectivity index (χ2v) is 8.01. The van der Waals surface area contributed by atoms with Crippen LogP contribution in [-0.2, 0) is 4.74 Å². The standard InChI is InChI=1S/C19H23IN4O4/c1-12(2)26-19(25)24-8-6-15(7-9-24)27-17-13(3)18(23-11-22-17)28-16-5-4-14(20)10-21-16/h4-5,10-12,15H,6-9H2,1-3H3. The topological polar surface area (TPSA) is 86.7 Å². The van der Waals surface area contributed by atoms with E-state index in [1.54, 1.807) is 17.2 Å². The van der Waals surface area contributed by atoms with Crippen molar-refractivity contribution in [2.24, 2.45) is 0 Å². The Morgan fingerprint density at radius 1 is 1.18 bits per heavy atom. The number of hydrogen-bond acceptors (Lipinski definition) is 7. The predicted molar refractivity (Wildman–Crippen MR) is 111 cm³/mol. The van der Waals surface area contributed by atoms with Crippen molar-refractivity contribution in [1.29, 1.82) is 0 Å². The Hall–Kier alpha value is -2.17. The first kappa shape index (κ1) is 20.6. The van der Waals surface area contributed by atoms with Crippen LogP contribution in [0.5, 0.6) is 17.6 Å². The van der Waals surface area contributed by atoms with E-state index in [4.69, 9.17) is 14.2 Å². The molecule has 0 aromatic carbocycles. The monoisotopic (exact) mass is 498 g/mol. The Bertz CT molecular complexity index is 808. The van der Waals surface area contributed by atoms with Gasteiger partial charge in [-0.2, -0.15) is 0 Å². The minimum absolute atomic E-state index is 0.0269. The fraction of sp³-hybridized carbons (Fsp3) is 0.474. The van der Waals surface area contributed by atoms with E-state index < -0.39 is 0 Å². The molecule has 3 rings (SSSR count). The smallest absolute Gasteiger partial charge is 0.410 e. The molecular formula is C19H23IN4O4. The molecule has 0 bridgehead atoms. The quantitative estimate of drug-likeness (QED) is 0.577. The largest absolute Gasteiger partial charge is 0.474 e. The van der Waals surface area contributed by atoms with E-state index in [9.17, 15) is 4.79 Å². The van der Waals surface area contributed by atoms with Crippen molar-refractivity contribution in [3.8, 4) is 17.6 Å². The Morgan fingerprint density at radius 3 is 2.54 bits per heavy atom. The molecule has 1 amide bonds. The molecule has 2 aromatic rings. The number of carbonyl (C=O) groups is 1. The molecule has 28 heavy (non-hydrogen) atoms. The highest BCUT2D eigenvalue weighted by atomic mass is 127. The van der Waals surface area contributed by atoms with Crippen LogP contribution >= 0.6 is 22.6 Å². The lowest BCUT2D eigenvalue weighted by Crippen LogP contribution is -2.42. The summed E-state index contributed by atoms with van der Waals surface area (Å²) in [5, 5.41) is 0. The van der Waals surface area contributed by atoms with Gasteiger partial charge in [-0.05, 0) is 49.4 Å². The second-order valence-electron chi connectivity index (χ2n) is 6.76. The van der Waals surface area contributed by atoms with Crippen LogP contribution in [-0.4, -0.2) is 51.2 Å². The molecule has 2 aromatic heterocycles. The molecule has 0 aliphatic carbocycles. The Balaban J connectivity index is 1.59. The van der Waals surface area contributed by atoms with Gasteiger partial charge in [-0.1, -0.05) is 0 Å². The maximum atomic E-state index is 12.0. The fourth-order valence-corrected chi connectivity index (χ4v) is 3.07. The molecule has 0 N–H and O–H groups in total. The second kappa shape index (κ2) is 9.35. The zero-order chi connectivity index (χ0) is 20.1. The molecule has 0 unspecified atom stereocenters. The van der Waals surface area contributed by atoms with E-state index in [0.29, 0.717) is 49.1 Å². The maximum absolute atomic E-state index is 12.0. The maximum Gasteiger partial charge on any atom is 0.410 e.